The van der Waals surface area contributed by atoms with Crippen LogP contribution in [0.2, 0.25) is 0 Å². The molecule has 0 aliphatic heterocycles. The van der Waals surface area contributed by atoms with E-state index in [0.717, 1.165) is 22.2 Å². The molecular weight excluding hydrogens is 298 g/mol. The molecule has 0 saturated heterocycles. The topological polar surface area (TPSA) is 124 Å². The van der Waals surface area contributed by atoms with Gasteiger partial charge in [0, 0.05) is 5.39 Å². The van der Waals surface area contributed by atoms with Crippen LogP contribution in [0.25, 0.3) is 10.9 Å². The Kier molecular flexibility index (Phi) is 3.57. The molecule has 8 heteroatoms. The Morgan fingerprint density at radius 2 is 2.04 bits per heavy atom. The Hall–Kier alpha value is -3.16. The maximum absolute atomic E-state index is 10.7. The van der Waals surface area contributed by atoms with Crippen molar-refractivity contribution in [3.8, 4) is 5.88 Å². The summed E-state index contributed by atoms with van der Waals surface area (Å²) in [6.45, 7) is 3.88. The number of aromatic hydroxyl groups is 1. The van der Waals surface area contributed by atoms with Crippen molar-refractivity contribution in [2.45, 2.75) is 20.3 Å². The fraction of sp³-hybridized carbons (Fsp3) is 0.200. The summed E-state index contributed by atoms with van der Waals surface area (Å²) in [5, 5.41) is 22.2. The Morgan fingerprint density at radius 1 is 1.26 bits per heavy atom. The molecule has 0 amide bonds. The van der Waals surface area contributed by atoms with E-state index in [4.69, 9.17) is 5.11 Å². The lowest BCUT2D eigenvalue weighted by Gasteiger charge is -2.06. The number of nitrogens with one attached hydrogen (secondary N) is 2. The molecule has 1 aromatic carbocycles. The SMILES string of the molecule is Cc1ccc2nc(Nc3nc(O)c(CC(=O)O)[nH]3)nc(C)c2c1. The molecule has 0 radical (unpaired) electrons. The van der Waals surface area contributed by atoms with Gasteiger partial charge in [0.2, 0.25) is 17.8 Å². The fourth-order valence-electron chi connectivity index (χ4n) is 2.29. The van der Waals surface area contributed by atoms with Gasteiger partial charge in [-0.05, 0) is 26.0 Å². The summed E-state index contributed by atoms with van der Waals surface area (Å²) in [6, 6.07) is 5.88. The summed E-state index contributed by atoms with van der Waals surface area (Å²) in [7, 11) is 0. The number of H-pyrrole nitrogens is 1. The normalized spacial score (nSPS) is 10.9. The first-order chi connectivity index (χ1) is 10.9. The van der Waals surface area contributed by atoms with Crippen LogP contribution in [-0.4, -0.2) is 36.1 Å². The number of anilines is 2. The number of fused-ring (bicyclic) bond motifs is 1. The molecule has 3 aromatic rings. The van der Waals surface area contributed by atoms with E-state index in [-0.39, 0.29) is 23.9 Å². The molecule has 0 atom stereocenters. The van der Waals surface area contributed by atoms with Crippen molar-refractivity contribution in [2.75, 3.05) is 5.32 Å². The van der Waals surface area contributed by atoms with Crippen LogP contribution in [0.1, 0.15) is 17.0 Å². The third-order valence-corrected chi connectivity index (χ3v) is 3.36. The number of rotatable bonds is 4. The molecule has 0 fully saturated rings. The first-order valence-electron chi connectivity index (χ1n) is 6.94. The van der Waals surface area contributed by atoms with Crippen molar-refractivity contribution in [1.29, 1.82) is 0 Å². The van der Waals surface area contributed by atoms with Gasteiger partial charge < -0.3 is 15.2 Å². The van der Waals surface area contributed by atoms with Crippen molar-refractivity contribution in [1.82, 2.24) is 19.9 Å². The van der Waals surface area contributed by atoms with Gasteiger partial charge in [-0.15, -0.1) is 0 Å². The molecule has 0 saturated carbocycles. The lowest BCUT2D eigenvalue weighted by Crippen LogP contribution is -2.02. The second-order valence-corrected chi connectivity index (χ2v) is 5.24. The third-order valence-electron chi connectivity index (χ3n) is 3.36. The van der Waals surface area contributed by atoms with Gasteiger partial charge in [-0.2, -0.15) is 4.98 Å². The van der Waals surface area contributed by atoms with Crippen molar-refractivity contribution in [2.24, 2.45) is 0 Å². The van der Waals surface area contributed by atoms with Gasteiger partial charge in [-0.25, -0.2) is 9.97 Å². The van der Waals surface area contributed by atoms with E-state index in [2.05, 4.69) is 25.3 Å². The molecule has 0 aliphatic rings. The summed E-state index contributed by atoms with van der Waals surface area (Å²) in [5.41, 5.74) is 2.84. The highest BCUT2D eigenvalue weighted by Gasteiger charge is 2.13. The van der Waals surface area contributed by atoms with Gasteiger partial charge in [0.15, 0.2) is 0 Å². The van der Waals surface area contributed by atoms with Gasteiger partial charge >= 0.3 is 5.97 Å². The Balaban J connectivity index is 1.92. The number of nitrogens with zero attached hydrogens (tertiary/aromatic N) is 3. The molecule has 23 heavy (non-hydrogen) atoms. The van der Waals surface area contributed by atoms with Crippen LogP contribution in [0.15, 0.2) is 18.2 Å². The standard InChI is InChI=1S/C15H15N5O3/c1-7-3-4-10-9(5-7)8(2)16-14(17-10)20-15-18-11(6-12(21)22)13(23)19-15/h3-5,23H,6H2,1-2H3,(H,21,22)(H2,16,17,18,19,20). The van der Waals surface area contributed by atoms with Crippen LogP contribution in [-0.2, 0) is 11.2 Å². The highest BCUT2D eigenvalue weighted by molar-refractivity contribution is 5.82. The van der Waals surface area contributed by atoms with Gasteiger partial charge in [0.1, 0.15) is 0 Å². The number of hydrogen-bond acceptors (Lipinski definition) is 6. The first kappa shape index (κ1) is 14.8. The van der Waals surface area contributed by atoms with Gasteiger partial charge in [0.05, 0.1) is 23.3 Å². The number of aliphatic carboxylic acids is 1. The van der Waals surface area contributed by atoms with Crippen LogP contribution in [0.3, 0.4) is 0 Å². The van der Waals surface area contributed by atoms with E-state index < -0.39 is 5.97 Å². The number of carbonyl (C=O) groups is 1. The molecule has 2 heterocycles. The zero-order valence-electron chi connectivity index (χ0n) is 12.6. The molecule has 8 nitrogen and oxygen atoms in total. The van der Waals surface area contributed by atoms with Crippen LogP contribution in [0.5, 0.6) is 5.88 Å². The average Bonchev–Trinajstić information content (AvgIpc) is 2.79. The molecule has 0 unspecified atom stereocenters. The number of aromatic amines is 1. The lowest BCUT2D eigenvalue weighted by molar-refractivity contribution is -0.136. The summed E-state index contributed by atoms with van der Waals surface area (Å²) in [6.07, 6.45) is -0.350. The second kappa shape index (κ2) is 5.56. The predicted molar refractivity (Wildman–Crippen MR) is 83.9 cm³/mol. The van der Waals surface area contributed by atoms with E-state index in [1.807, 2.05) is 32.0 Å². The van der Waals surface area contributed by atoms with Crippen LogP contribution in [0, 0.1) is 13.8 Å². The maximum Gasteiger partial charge on any atom is 0.309 e. The minimum atomic E-state index is -1.07. The van der Waals surface area contributed by atoms with Crippen LogP contribution >= 0.6 is 0 Å². The average molecular weight is 313 g/mol. The highest BCUT2D eigenvalue weighted by Crippen LogP contribution is 2.22. The maximum atomic E-state index is 10.7. The number of benzene rings is 1. The number of aromatic nitrogens is 4. The molecule has 0 bridgehead atoms. The second-order valence-electron chi connectivity index (χ2n) is 5.24. The zero-order chi connectivity index (χ0) is 16.6. The van der Waals surface area contributed by atoms with E-state index in [0.29, 0.717) is 5.95 Å². The summed E-state index contributed by atoms with van der Waals surface area (Å²) in [4.78, 5) is 26.0. The Labute approximate surface area is 131 Å². The smallest absolute Gasteiger partial charge is 0.309 e. The molecule has 118 valence electrons. The molecule has 2 aromatic heterocycles. The zero-order valence-corrected chi connectivity index (χ0v) is 12.6. The fourth-order valence-corrected chi connectivity index (χ4v) is 2.29. The number of carboxylic acid groups (broad SMARTS) is 1. The van der Waals surface area contributed by atoms with Crippen molar-refractivity contribution >= 4 is 28.8 Å². The highest BCUT2D eigenvalue weighted by atomic mass is 16.4. The van der Waals surface area contributed by atoms with Gasteiger partial charge in [0.25, 0.3) is 0 Å². The van der Waals surface area contributed by atoms with Crippen molar-refractivity contribution < 1.29 is 15.0 Å². The van der Waals surface area contributed by atoms with Crippen molar-refractivity contribution in [3.05, 3.63) is 35.2 Å². The van der Waals surface area contributed by atoms with E-state index in [9.17, 15) is 9.90 Å². The summed E-state index contributed by atoms with van der Waals surface area (Å²) >= 11 is 0. The number of hydrogen-bond donors (Lipinski definition) is 4. The first-order valence-corrected chi connectivity index (χ1v) is 6.94. The Morgan fingerprint density at radius 3 is 2.78 bits per heavy atom. The summed E-state index contributed by atoms with van der Waals surface area (Å²) < 4.78 is 0. The number of aryl methyl sites for hydroxylation is 2. The monoisotopic (exact) mass is 313 g/mol. The largest absolute Gasteiger partial charge is 0.492 e. The molecule has 0 aliphatic carbocycles. The van der Waals surface area contributed by atoms with Crippen molar-refractivity contribution in [3.63, 3.8) is 0 Å². The quantitative estimate of drug-likeness (QED) is 0.581. The predicted octanol–water partition coefficient (Wildman–Crippen LogP) is 2.05. The minimum Gasteiger partial charge on any atom is -0.492 e. The number of imidazole rings is 1. The molecular formula is C15H15N5O3. The third kappa shape index (κ3) is 3.05. The summed E-state index contributed by atoms with van der Waals surface area (Å²) in [5.74, 6) is -0.925. The van der Waals surface area contributed by atoms with Crippen LogP contribution in [0.4, 0.5) is 11.9 Å². The molecule has 0 spiro atoms. The number of carboxylic acids is 1. The van der Waals surface area contributed by atoms with Crippen LogP contribution < -0.4 is 5.32 Å². The van der Waals surface area contributed by atoms with E-state index >= 15 is 0 Å². The molecule has 3 rings (SSSR count). The minimum absolute atomic E-state index is 0.119. The van der Waals surface area contributed by atoms with E-state index in [1.165, 1.54) is 0 Å². The lowest BCUT2D eigenvalue weighted by atomic mass is 10.1. The molecule has 4 N–H and O–H groups in total. The van der Waals surface area contributed by atoms with Gasteiger partial charge in [-0.3, -0.25) is 10.1 Å². The van der Waals surface area contributed by atoms with E-state index in [1.54, 1.807) is 0 Å². The van der Waals surface area contributed by atoms with Gasteiger partial charge in [-0.1, -0.05) is 11.6 Å². The Bertz CT molecular complexity index is 904.